The van der Waals surface area contributed by atoms with Gasteiger partial charge in [-0.3, -0.25) is 14.4 Å². The number of carbonyl (C=O) groups excluding carboxylic acids is 3. The molecule has 0 radical (unpaired) electrons. The van der Waals surface area contributed by atoms with Crippen LogP contribution in [0, 0.1) is 17.3 Å². The molecule has 6 nitrogen and oxygen atoms in total. The third-order valence-corrected chi connectivity index (χ3v) is 5.74. The zero-order valence-corrected chi connectivity index (χ0v) is 16.8. The van der Waals surface area contributed by atoms with Gasteiger partial charge in [-0.25, -0.2) is 0 Å². The molecule has 1 atom stereocenters. The van der Waals surface area contributed by atoms with Gasteiger partial charge in [0.2, 0.25) is 0 Å². The molecule has 0 amide bonds. The van der Waals surface area contributed by atoms with Crippen molar-refractivity contribution in [3.05, 3.63) is 23.8 Å². The van der Waals surface area contributed by atoms with Crippen molar-refractivity contribution in [2.45, 2.75) is 65.3 Å². The average molecular weight is 387 g/mol. The molecule has 0 bridgehead atoms. The number of nitrogens with two attached hydrogens (primary N) is 1. The summed E-state index contributed by atoms with van der Waals surface area (Å²) in [5.74, 6) is -0.876. The molecule has 2 N–H and O–H groups in total. The normalized spacial score (nSPS) is 18.6. The molecule has 2 fully saturated rings. The van der Waals surface area contributed by atoms with Gasteiger partial charge in [0.25, 0.3) is 0 Å². The lowest BCUT2D eigenvalue weighted by atomic mass is 9.83. The van der Waals surface area contributed by atoms with Gasteiger partial charge >= 0.3 is 11.9 Å². The van der Waals surface area contributed by atoms with Gasteiger partial charge in [-0.1, -0.05) is 33.6 Å². The maximum absolute atomic E-state index is 12.8. The molecule has 28 heavy (non-hydrogen) atoms. The first-order valence-corrected chi connectivity index (χ1v) is 10.0. The molecule has 152 valence electrons. The second-order valence-corrected chi connectivity index (χ2v) is 8.97. The first kappa shape index (κ1) is 20.5. The number of rotatable bonds is 6. The maximum Gasteiger partial charge on any atom is 0.314 e. The van der Waals surface area contributed by atoms with E-state index >= 15 is 0 Å². The van der Waals surface area contributed by atoms with Crippen LogP contribution >= 0.6 is 0 Å². The summed E-state index contributed by atoms with van der Waals surface area (Å²) in [6, 6.07) is 3.85. The Morgan fingerprint density at radius 1 is 0.929 bits per heavy atom. The third-order valence-electron chi connectivity index (χ3n) is 5.74. The van der Waals surface area contributed by atoms with E-state index in [1.54, 1.807) is 6.07 Å². The molecule has 3 rings (SSSR count). The smallest absolute Gasteiger partial charge is 0.314 e. The summed E-state index contributed by atoms with van der Waals surface area (Å²) < 4.78 is 11.0. The summed E-state index contributed by atoms with van der Waals surface area (Å²) in [6.07, 6.45) is 5.23. The van der Waals surface area contributed by atoms with Crippen LogP contribution in [0.4, 0.5) is 0 Å². The van der Waals surface area contributed by atoms with Crippen molar-refractivity contribution in [2.24, 2.45) is 23.0 Å². The van der Waals surface area contributed by atoms with Crippen molar-refractivity contribution in [2.75, 3.05) is 0 Å². The Morgan fingerprint density at radius 3 is 1.86 bits per heavy atom. The molecule has 2 aliphatic rings. The van der Waals surface area contributed by atoms with Gasteiger partial charge in [0.15, 0.2) is 17.3 Å². The van der Waals surface area contributed by atoms with Crippen LogP contribution in [0.5, 0.6) is 11.5 Å². The third kappa shape index (κ3) is 4.43. The summed E-state index contributed by atoms with van der Waals surface area (Å²) >= 11 is 0. The minimum Gasteiger partial charge on any atom is -0.422 e. The number of hydrogen-bond donors (Lipinski definition) is 1. The van der Waals surface area contributed by atoms with Crippen LogP contribution in [-0.2, 0) is 9.59 Å². The molecule has 0 aliphatic heterocycles. The predicted molar refractivity (Wildman–Crippen MR) is 104 cm³/mol. The Hall–Kier alpha value is -2.21. The molecular weight excluding hydrogens is 358 g/mol. The molecule has 0 aromatic heterocycles. The highest BCUT2D eigenvalue weighted by atomic mass is 16.6. The fraction of sp³-hybridized carbons (Fsp3) is 0.591. The van der Waals surface area contributed by atoms with Gasteiger partial charge in [-0.05, 0) is 49.3 Å². The molecule has 6 heteroatoms. The molecule has 1 unspecified atom stereocenters. The molecule has 2 saturated carbocycles. The van der Waals surface area contributed by atoms with E-state index in [0.29, 0.717) is 5.56 Å². The van der Waals surface area contributed by atoms with Crippen LogP contribution in [0.1, 0.15) is 69.7 Å². The fourth-order valence-electron chi connectivity index (χ4n) is 3.07. The average Bonchev–Trinajstić information content (AvgIpc) is 2.50. The summed E-state index contributed by atoms with van der Waals surface area (Å²) in [5.41, 5.74) is 6.03. The highest BCUT2D eigenvalue weighted by Crippen LogP contribution is 2.35. The van der Waals surface area contributed by atoms with Crippen molar-refractivity contribution < 1.29 is 23.9 Å². The highest BCUT2D eigenvalue weighted by molar-refractivity contribution is 6.01. The monoisotopic (exact) mass is 387 g/mol. The highest BCUT2D eigenvalue weighted by Gasteiger charge is 2.32. The zero-order valence-electron chi connectivity index (χ0n) is 16.8. The maximum atomic E-state index is 12.8. The van der Waals surface area contributed by atoms with Crippen LogP contribution in [0.2, 0.25) is 0 Å². The number of esters is 2. The molecule has 2 aliphatic carbocycles. The number of Topliss-reactive ketones (excluding diaryl/α,β-unsaturated/α-hetero) is 1. The Kier molecular flexibility index (Phi) is 5.89. The van der Waals surface area contributed by atoms with E-state index in [4.69, 9.17) is 15.2 Å². The van der Waals surface area contributed by atoms with Crippen molar-refractivity contribution in [3.63, 3.8) is 0 Å². The Labute approximate surface area is 165 Å². The van der Waals surface area contributed by atoms with E-state index in [1.807, 2.05) is 20.8 Å². The second-order valence-electron chi connectivity index (χ2n) is 8.97. The first-order chi connectivity index (χ1) is 13.2. The minimum atomic E-state index is -0.703. The van der Waals surface area contributed by atoms with Gasteiger partial charge in [-0.2, -0.15) is 0 Å². The van der Waals surface area contributed by atoms with E-state index in [2.05, 4.69) is 0 Å². The Bertz CT molecular complexity index is 772. The summed E-state index contributed by atoms with van der Waals surface area (Å²) in [6.45, 7) is 5.67. The van der Waals surface area contributed by atoms with Crippen molar-refractivity contribution in [1.82, 2.24) is 0 Å². The van der Waals surface area contributed by atoms with Crippen LogP contribution in [-0.4, -0.2) is 23.8 Å². The van der Waals surface area contributed by atoms with E-state index < -0.39 is 11.5 Å². The SMILES string of the molecule is CC(C)(C)C(N)C(=O)c1ccc(OC(=O)C2CCC2)c(OC(=O)C2CCC2)c1. The molecule has 0 spiro atoms. The van der Waals surface area contributed by atoms with Gasteiger partial charge in [-0.15, -0.1) is 0 Å². The molecular formula is C22H29NO5. The quantitative estimate of drug-likeness (QED) is 0.455. The van der Waals surface area contributed by atoms with E-state index in [9.17, 15) is 14.4 Å². The minimum absolute atomic E-state index is 0.106. The fourth-order valence-corrected chi connectivity index (χ4v) is 3.07. The second kappa shape index (κ2) is 8.03. The van der Waals surface area contributed by atoms with Crippen LogP contribution in [0.25, 0.3) is 0 Å². The lowest BCUT2D eigenvalue weighted by Crippen LogP contribution is -2.42. The van der Waals surface area contributed by atoms with Crippen molar-refractivity contribution >= 4 is 17.7 Å². The van der Waals surface area contributed by atoms with Crippen molar-refractivity contribution in [1.29, 1.82) is 0 Å². The van der Waals surface area contributed by atoms with E-state index in [-0.39, 0.29) is 41.1 Å². The van der Waals surface area contributed by atoms with Crippen molar-refractivity contribution in [3.8, 4) is 11.5 Å². The van der Waals surface area contributed by atoms with Gasteiger partial charge in [0.1, 0.15) is 0 Å². The number of hydrogen-bond acceptors (Lipinski definition) is 6. The van der Waals surface area contributed by atoms with Gasteiger partial charge in [0, 0.05) is 5.56 Å². The number of ether oxygens (including phenoxy) is 2. The largest absolute Gasteiger partial charge is 0.422 e. The summed E-state index contributed by atoms with van der Waals surface area (Å²) in [4.78, 5) is 37.3. The Morgan fingerprint density at radius 2 is 1.43 bits per heavy atom. The summed E-state index contributed by atoms with van der Waals surface area (Å²) in [7, 11) is 0. The van der Waals surface area contributed by atoms with Gasteiger partial charge < -0.3 is 15.2 Å². The molecule has 1 aromatic carbocycles. The summed E-state index contributed by atoms with van der Waals surface area (Å²) in [5, 5.41) is 0. The standard InChI is InChI=1S/C22H29NO5/c1-22(2,3)19(23)18(24)15-10-11-16(27-20(25)13-6-4-7-13)17(12-15)28-21(26)14-8-5-9-14/h10-14,19H,4-9,23H2,1-3H3. The number of carbonyl (C=O) groups is 3. The molecule has 1 aromatic rings. The zero-order chi connectivity index (χ0) is 20.5. The lowest BCUT2D eigenvalue weighted by Gasteiger charge is -2.27. The topological polar surface area (TPSA) is 95.7 Å². The van der Waals surface area contributed by atoms with E-state index in [0.717, 1.165) is 38.5 Å². The van der Waals surface area contributed by atoms with Crippen LogP contribution in [0.3, 0.4) is 0 Å². The predicted octanol–water partition coefficient (Wildman–Crippen LogP) is 3.65. The lowest BCUT2D eigenvalue weighted by molar-refractivity contribution is -0.144. The number of benzene rings is 1. The van der Waals surface area contributed by atoms with Crippen LogP contribution < -0.4 is 15.2 Å². The first-order valence-electron chi connectivity index (χ1n) is 10.0. The van der Waals surface area contributed by atoms with E-state index in [1.165, 1.54) is 12.1 Å². The molecule has 0 saturated heterocycles. The number of ketones is 1. The Balaban J connectivity index is 1.84. The van der Waals surface area contributed by atoms with Crippen LogP contribution in [0.15, 0.2) is 18.2 Å². The van der Waals surface area contributed by atoms with Gasteiger partial charge in [0.05, 0.1) is 17.9 Å². The molecule has 0 heterocycles.